The van der Waals surface area contributed by atoms with Gasteiger partial charge in [-0.15, -0.1) is 0 Å². The lowest BCUT2D eigenvalue weighted by atomic mass is 10.2. The molecule has 128 valence electrons. The Balaban J connectivity index is 1.73. The zero-order valence-electron chi connectivity index (χ0n) is 13.2. The molecule has 1 aliphatic rings. The first-order valence-electron chi connectivity index (χ1n) is 7.65. The maximum Gasteiger partial charge on any atom is 0.243 e. The quantitative estimate of drug-likeness (QED) is 0.807. The molecule has 0 aromatic heterocycles. The number of hydrogen-bond donors (Lipinski definition) is 0. The van der Waals surface area contributed by atoms with Crippen LogP contribution < -0.4 is 4.90 Å². The predicted molar refractivity (Wildman–Crippen MR) is 98.6 cm³/mol. The molecule has 0 unspecified atom stereocenters. The van der Waals surface area contributed by atoms with Crippen molar-refractivity contribution in [3.05, 3.63) is 58.1 Å². The molecule has 24 heavy (non-hydrogen) atoms. The van der Waals surface area contributed by atoms with E-state index in [2.05, 4.69) is 4.90 Å². The van der Waals surface area contributed by atoms with E-state index in [4.69, 9.17) is 23.2 Å². The third kappa shape index (κ3) is 3.54. The van der Waals surface area contributed by atoms with E-state index in [1.165, 1.54) is 4.31 Å². The zero-order valence-corrected chi connectivity index (χ0v) is 15.6. The van der Waals surface area contributed by atoms with Crippen molar-refractivity contribution in [2.45, 2.75) is 11.8 Å². The van der Waals surface area contributed by atoms with Crippen LogP contribution in [0.2, 0.25) is 10.0 Å². The largest absolute Gasteiger partial charge is 0.368 e. The minimum Gasteiger partial charge on any atom is -0.368 e. The Labute approximate surface area is 152 Å². The fourth-order valence-electron chi connectivity index (χ4n) is 2.77. The minimum atomic E-state index is -3.45. The lowest BCUT2D eigenvalue weighted by molar-refractivity contribution is 0.385. The summed E-state index contributed by atoms with van der Waals surface area (Å²) in [5.41, 5.74) is 1.92. The summed E-state index contributed by atoms with van der Waals surface area (Å²) in [6.45, 7) is 3.97. The Hall–Kier alpha value is -1.27. The van der Waals surface area contributed by atoms with Gasteiger partial charge in [0.15, 0.2) is 0 Å². The van der Waals surface area contributed by atoms with Gasteiger partial charge in [-0.3, -0.25) is 0 Å². The number of anilines is 1. The van der Waals surface area contributed by atoms with Crippen LogP contribution in [0.1, 0.15) is 5.56 Å². The van der Waals surface area contributed by atoms with Gasteiger partial charge in [-0.1, -0.05) is 40.9 Å². The summed E-state index contributed by atoms with van der Waals surface area (Å²) in [7, 11) is -3.45. The molecule has 0 atom stereocenters. The maximum atomic E-state index is 12.7. The summed E-state index contributed by atoms with van der Waals surface area (Å²) < 4.78 is 27.0. The highest BCUT2D eigenvalue weighted by Crippen LogP contribution is 2.30. The van der Waals surface area contributed by atoms with Crippen molar-refractivity contribution in [1.29, 1.82) is 0 Å². The highest BCUT2D eigenvalue weighted by Gasteiger charge is 2.29. The van der Waals surface area contributed by atoms with E-state index in [0.717, 1.165) is 11.3 Å². The summed E-state index contributed by atoms with van der Waals surface area (Å²) in [4.78, 5) is 2.42. The van der Waals surface area contributed by atoms with E-state index in [1.807, 2.05) is 25.1 Å². The number of aryl methyl sites for hydroxylation is 1. The van der Waals surface area contributed by atoms with Crippen LogP contribution in [-0.2, 0) is 10.0 Å². The fourth-order valence-corrected chi connectivity index (χ4v) is 4.72. The zero-order chi connectivity index (χ0) is 17.3. The summed E-state index contributed by atoms with van der Waals surface area (Å²) in [6, 6.07) is 12.3. The minimum absolute atomic E-state index is 0.339. The molecule has 1 fully saturated rings. The first-order chi connectivity index (χ1) is 11.4. The molecular weight excluding hydrogens is 367 g/mol. The maximum absolute atomic E-state index is 12.7. The van der Waals surface area contributed by atoms with Crippen molar-refractivity contribution in [3.63, 3.8) is 0 Å². The Morgan fingerprint density at radius 1 is 0.917 bits per heavy atom. The van der Waals surface area contributed by atoms with Crippen molar-refractivity contribution in [3.8, 4) is 0 Å². The third-order valence-corrected chi connectivity index (χ3v) is 6.60. The Bertz CT molecular complexity index is 830. The van der Waals surface area contributed by atoms with E-state index in [-0.39, 0.29) is 0 Å². The summed E-state index contributed by atoms with van der Waals surface area (Å²) >= 11 is 12.2. The Morgan fingerprint density at radius 2 is 1.54 bits per heavy atom. The molecule has 0 spiro atoms. The predicted octanol–water partition coefficient (Wildman–Crippen LogP) is 3.81. The van der Waals surface area contributed by atoms with Crippen molar-refractivity contribution in [1.82, 2.24) is 4.31 Å². The second-order valence-corrected chi connectivity index (χ2v) is 8.58. The number of nitrogens with zero attached hydrogens (tertiary/aromatic N) is 2. The molecule has 2 aromatic rings. The lowest BCUT2D eigenvalue weighted by Gasteiger charge is -2.35. The number of halogens is 2. The second kappa shape index (κ2) is 6.92. The second-order valence-electron chi connectivity index (χ2n) is 5.80. The highest BCUT2D eigenvalue weighted by atomic mass is 35.5. The highest BCUT2D eigenvalue weighted by molar-refractivity contribution is 7.89. The number of hydrogen-bond acceptors (Lipinski definition) is 3. The molecule has 0 amide bonds. The van der Waals surface area contributed by atoms with Crippen LogP contribution in [0.5, 0.6) is 0 Å². The van der Waals surface area contributed by atoms with Crippen LogP contribution in [0.15, 0.2) is 47.4 Å². The van der Waals surface area contributed by atoms with E-state index < -0.39 is 10.0 Å². The van der Waals surface area contributed by atoms with Crippen LogP contribution in [-0.4, -0.2) is 38.9 Å². The molecule has 0 N–H and O–H groups in total. The Morgan fingerprint density at radius 3 is 2.12 bits per heavy atom. The molecule has 1 saturated heterocycles. The standard InChI is InChI=1S/C17H18Cl2N2O2S/c1-13-2-5-15(6-3-13)24(22,23)21-10-8-20(9-11-21)17-7-4-14(18)12-16(17)19/h2-7,12H,8-11H2,1H3. The summed E-state index contributed by atoms with van der Waals surface area (Å²) in [5.74, 6) is 0. The van der Waals surface area contributed by atoms with Crippen LogP contribution in [0.4, 0.5) is 5.69 Å². The molecular formula is C17H18Cl2N2O2S. The number of benzene rings is 2. The third-order valence-electron chi connectivity index (χ3n) is 4.15. The average Bonchev–Trinajstić information content (AvgIpc) is 2.55. The van der Waals surface area contributed by atoms with Crippen LogP contribution in [0.3, 0.4) is 0 Å². The summed E-state index contributed by atoms with van der Waals surface area (Å²) in [5, 5.41) is 1.17. The fraction of sp³-hybridized carbons (Fsp3) is 0.294. The van der Waals surface area contributed by atoms with E-state index >= 15 is 0 Å². The average molecular weight is 385 g/mol. The van der Waals surface area contributed by atoms with Gasteiger partial charge in [-0.25, -0.2) is 8.42 Å². The van der Waals surface area contributed by atoms with Crippen molar-refractivity contribution in [2.75, 3.05) is 31.1 Å². The number of sulfonamides is 1. The first kappa shape index (κ1) is 17.5. The molecule has 4 nitrogen and oxygen atoms in total. The molecule has 1 heterocycles. The SMILES string of the molecule is Cc1ccc(S(=O)(=O)N2CCN(c3ccc(Cl)cc3Cl)CC2)cc1. The smallest absolute Gasteiger partial charge is 0.243 e. The number of rotatable bonds is 3. The van der Waals surface area contributed by atoms with E-state index in [9.17, 15) is 8.42 Å². The van der Waals surface area contributed by atoms with Gasteiger partial charge in [0.25, 0.3) is 0 Å². The molecule has 0 bridgehead atoms. The molecule has 0 saturated carbocycles. The van der Waals surface area contributed by atoms with Gasteiger partial charge in [-0.2, -0.15) is 4.31 Å². The number of piperazine rings is 1. The topological polar surface area (TPSA) is 40.6 Å². The first-order valence-corrected chi connectivity index (χ1v) is 9.84. The normalized spacial score (nSPS) is 16.4. The van der Waals surface area contributed by atoms with Crippen LogP contribution in [0, 0.1) is 6.92 Å². The van der Waals surface area contributed by atoms with Gasteiger partial charge < -0.3 is 4.90 Å². The lowest BCUT2D eigenvalue weighted by Crippen LogP contribution is -2.48. The van der Waals surface area contributed by atoms with Crippen molar-refractivity contribution >= 4 is 38.9 Å². The van der Waals surface area contributed by atoms with Gasteiger partial charge in [0.05, 0.1) is 15.6 Å². The molecule has 0 aliphatic carbocycles. The monoisotopic (exact) mass is 384 g/mol. The Kier molecular flexibility index (Phi) is 5.06. The molecule has 3 rings (SSSR count). The van der Waals surface area contributed by atoms with Crippen molar-refractivity contribution < 1.29 is 8.42 Å². The van der Waals surface area contributed by atoms with Gasteiger partial charge in [0.2, 0.25) is 10.0 Å². The molecule has 1 aliphatic heterocycles. The molecule has 7 heteroatoms. The van der Waals surface area contributed by atoms with Crippen LogP contribution in [0.25, 0.3) is 0 Å². The van der Waals surface area contributed by atoms with E-state index in [1.54, 1.807) is 24.3 Å². The van der Waals surface area contributed by atoms with E-state index in [0.29, 0.717) is 41.1 Å². The van der Waals surface area contributed by atoms with Gasteiger partial charge in [-0.05, 0) is 37.3 Å². The molecule has 2 aromatic carbocycles. The van der Waals surface area contributed by atoms with Gasteiger partial charge >= 0.3 is 0 Å². The van der Waals surface area contributed by atoms with Gasteiger partial charge in [0, 0.05) is 31.2 Å². The van der Waals surface area contributed by atoms with Crippen molar-refractivity contribution in [2.24, 2.45) is 0 Å². The van der Waals surface area contributed by atoms with Crippen LogP contribution >= 0.6 is 23.2 Å². The summed E-state index contributed by atoms with van der Waals surface area (Å²) in [6.07, 6.45) is 0. The molecule has 0 radical (unpaired) electrons. The van der Waals surface area contributed by atoms with Gasteiger partial charge in [0.1, 0.15) is 0 Å².